The third-order valence-electron chi connectivity index (χ3n) is 3.66. The molecular weight excluding hydrogens is 196 g/mol. The van der Waals surface area contributed by atoms with Gasteiger partial charge in [0.05, 0.1) is 0 Å². The summed E-state index contributed by atoms with van der Waals surface area (Å²) in [6.07, 6.45) is 3.56. The normalized spacial score (nSPS) is 23.0. The monoisotopic (exact) mass is 218 g/mol. The van der Waals surface area contributed by atoms with E-state index in [0.717, 1.165) is 19.5 Å². The van der Waals surface area contributed by atoms with Crippen LogP contribution in [0.25, 0.3) is 0 Å². The lowest BCUT2D eigenvalue weighted by atomic mass is 9.87. The summed E-state index contributed by atoms with van der Waals surface area (Å²) in [7, 11) is 0. The molecule has 0 amide bonds. The Morgan fingerprint density at radius 2 is 2.25 bits per heavy atom. The van der Waals surface area contributed by atoms with Crippen LogP contribution in [0, 0.1) is 12.8 Å². The van der Waals surface area contributed by atoms with E-state index in [2.05, 4.69) is 36.5 Å². The lowest BCUT2D eigenvalue weighted by Gasteiger charge is -2.28. The van der Waals surface area contributed by atoms with Gasteiger partial charge in [0.15, 0.2) is 0 Å². The average Bonchev–Trinajstić information content (AvgIpc) is 2.33. The summed E-state index contributed by atoms with van der Waals surface area (Å²) in [5.41, 5.74) is 9.08. The highest BCUT2D eigenvalue weighted by molar-refractivity contribution is 5.26. The molecule has 1 heterocycles. The molecule has 1 fully saturated rings. The lowest BCUT2D eigenvalue weighted by molar-refractivity contribution is 0.320. The molecule has 1 saturated heterocycles. The molecule has 1 aliphatic heterocycles. The van der Waals surface area contributed by atoms with Gasteiger partial charge in [-0.3, -0.25) is 0 Å². The molecule has 0 radical (unpaired) electrons. The highest BCUT2D eigenvalue weighted by Gasteiger charge is 2.20. The Morgan fingerprint density at radius 3 is 2.94 bits per heavy atom. The second-order valence-electron chi connectivity index (χ2n) is 4.90. The molecule has 2 nitrogen and oxygen atoms in total. The number of benzene rings is 1. The molecule has 3 N–H and O–H groups in total. The van der Waals surface area contributed by atoms with Gasteiger partial charge < -0.3 is 11.1 Å². The van der Waals surface area contributed by atoms with Crippen molar-refractivity contribution in [1.29, 1.82) is 0 Å². The lowest BCUT2D eigenvalue weighted by Crippen LogP contribution is -2.42. The Bertz CT molecular complexity index is 329. The second kappa shape index (κ2) is 5.46. The first-order chi connectivity index (χ1) is 7.77. The quantitative estimate of drug-likeness (QED) is 0.813. The minimum Gasteiger partial charge on any atom is -0.327 e. The van der Waals surface area contributed by atoms with Crippen LogP contribution >= 0.6 is 0 Å². The number of aryl methyl sites for hydroxylation is 1. The van der Waals surface area contributed by atoms with Crippen LogP contribution in [0.1, 0.15) is 24.0 Å². The van der Waals surface area contributed by atoms with Gasteiger partial charge in [0.25, 0.3) is 0 Å². The van der Waals surface area contributed by atoms with Gasteiger partial charge in [-0.25, -0.2) is 0 Å². The van der Waals surface area contributed by atoms with Crippen molar-refractivity contribution < 1.29 is 0 Å². The highest BCUT2D eigenvalue weighted by atomic mass is 14.9. The summed E-state index contributed by atoms with van der Waals surface area (Å²) in [6.45, 7) is 4.42. The molecule has 2 atom stereocenters. The molecule has 0 aliphatic carbocycles. The molecule has 1 aromatic rings. The Labute approximate surface area is 98.2 Å². The third-order valence-corrected chi connectivity index (χ3v) is 3.66. The van der Waals surface area contributed by atoms with Crippen LogP contribution in [0.5, 0.6) is 0 Å². The Morgan fingerprint density at radius 1 is 1.44 bits per heavy atom. The summed E-state index contributed by atoms with van der Waals surface area (Å²) in [4.78, 5) is 0. The summed E-state index contributed by atoms with van der Waals surface area (Å²) >= 11 is 0. The molecular formula is C14H22N2. The first-order valence-corrected chi connectivity index (χ1v) is 6.28. The first kappa shape index (κ1) is 11.6. The van der Waals surface area contributed by atoms with Gasteiger partial charge in [0.2, 0.25) is 0 Å². The van der Waals surface area contributed by atoms with Gasteiger partial charge in [-0.15, -0.1) is 0 Å². The van der Waals surface area contributed by atoms with Gasteiger partial charge in [-0.05, 0) is 56.3 Å². The fraction of sp³-hybridized carbons (Fsp3) is 0.571. The molecule has 2 rings (SSSR count). The number of hydrogen-bond donors (Lipinski definition) is 2. The van der Waals surface area contributed by atoms with E-state index < -0.39 is 0 Å². The highest BCUT2D eigenvalue weighted by Crippen LogP contribution is 2.18. The van der Waals surface area contributed by atoms with Crippen LogP contribution in [-0.4, -0.2) is 19.1 Å². The van der Waals surface area contributed by atoms with Crippen molar-refractivity contribution in [3.8, 4) is 0 Å². The second-order valence-corrected chi connectivity index (χ2v) is 4.90. The van der Waals surface area contributed by atoms with Crippen LogP contribution in [0.4, 0.5) is 0 Å². The summed E-state index contributed by atoms with van der Waals surface area (Å²) < 4.78 is 0. The van der Waals surface area contributed by atoms with E-state index in [1.54, 1.807) is 0 Å². The Balaban J connectivity index is 1.96. The molecule has 2 unspecified atom stereocenters. The zero-order valence-corrected chi connectivity index (χ0v) is 10.1. The maximum absolute atomic E-state index is 6.31. The number of piperidine rings is 1. The van der Waals surface area contributed by atoms with E-state index >= 15 is 0 Å². The third kappa shape index (κ3) is 2.83. The molecule has 16 heavy (non-hydrogen) atoms. The van der Waals surface area contributed by atoms with Crippen LogP contribution in [0.3, 0.4) is 0 Å². The summed E-state index contributed by atoms with van der Waals surface area (Å²) in [5, 5.41) is 3.44. The van der Waals surface area contributed by atoms with Crippen molar-refractivity contribution in [2.75, 3.05) is 13.1 Å². The largest absolute Gasteiger partial charge is 0.327 e. The molecule has 2 heteroatoms. The molecule has 0 bridgehead atoms. The van der Waals surface area contributed by atoms with E-state index in [1.165, 1.54) is 24.0 Å². The van der Waals surface area contributed by atoms with E-state index in [4.69, 9.17) is 5.73 Å². The zero-order valence-electron chi connectivity index (χ0n) is 10.1. The zero-order chi connectivity index (χ0) is 11.4. The van der Waals surface area contributed by atoms with Gasteiger partial charge in [0.1, 0.15) is 0 Å². The predicted molar refractivity (Wildman–Crippen MR) is 68.5 cm³/mol. The molecule has 0 saturated carbocycles. The molecule has 1 aromatic carbocycles. The smallest absolute Gasteiger partial charge is 0.0120 e. The SMILES string of the molecule is Cc1ccccc1CC(N)C1CCCNC1. The van der Waals surface area contributed by atoms with Crippen molar-refractivity contribution in [2.45, 2.75) is 32.2 Å². The fourth-order valence-corrected chi connectivity index (χ4v) is 2.50. The van der Waals surface area contributed by atoms with E-state index in [9.17, 15) is 0 Å². The average molecular weight is 218 g/mol. The first-order valence-electron chi connectivity index (χ1n) is 6.28. The number of nitrogens with one attached hydrogen (secondary N) is 1. The summed E-state index contributed by atoms with van der Waals surface area (Å²) in [5.74, 6) is 0.647. The Kier molecular flexibility index (Phi) is 3.97. The topological polar surface area (TPSA) is 38.0 Å². The minimum absolute atomic E-state index is 0.300. The van der Waals surface area contributed by atoms with Crippen molar-refractivity contribution in [3.05, 3.63) is 35.4 Å². The maximum atomic E-state index is 6.31. The number of rotatable bonds is 3. The molecule has 88 valence electrons. The fourth-order valence-electron chi connectivity index (χ4n) is 2.50. The van der Waals surface area contributed by atoms with E-state index in [1.807, 2.05) is 0 Å². The van der Waals surface area contributed by atoms with Crippen molar-refractivity contribution in [3.63, 3.8) is 0 Å². The van der Waals surface area contributed by atoms with Crippen LogP contribution in [0.2, 0.25) is 0 Å². The van der Waals surface area contributed by atoms with E-state index in [-0.39, 0.29) is 0 Å². The Hall–Kier alpha value is -0.860. The van der Waals surface area contributed by atoms with Crippen LogP contribution in [0.15, 0.2) is 24.3 Å². The minimum atomic E-state index is 0.300. The van der Waals surface area contributed by atoms with Crippen molar-refractivity contribution in [2.24, 2.45) is 11.7 Å². The van der Waals surface area contributed by atoms with Crippen LogP contribution in [-0.2, 0) is 6.42 Å². The van der Waals surface area contributed by atoms with Gasteiger partial charge in [0, 0.05) is 6.04 Å². The standard InChI is InChI=1S/C14H22N2/c1-11-5-2-3-6-12(11)9-14(15)13-7-4-8-16-10-13/h2-3,5-6,13-14,16H,4,7-10,15H2,1H3. The molecule has 1 aliphatic rings. The number of nitrogens with two attached hydrogens (primary N) is 1. The number of hydrogen-bond acceptors (Lipinski definition) is 2. The predicted octanol–water partition coefficient (Wildman–Crippen LogP) is 1.86. The van der Waals surface area contributed by atoms with E-state index in [0.29, 0.717) is 12.0 Å². The van der Waals surface area contributed by atoms with Gasteiger partial charge in [-0.1, -0.05) is 24.3 Å². The molecule has 0 aromatic heterocycles. The van der Waals surface area contributed by atoms with Gasteiger partial charge >= 0.3 is 0 Å². The van der Waals surface area contributed by atoms with Crippen molar-refractivity contribution in [1.82, 2.24) is 5.32 Å². The maximum Gasteiger partial charge on any atom is 0.0120 e. The van der Waals surface area contributed by atoms with Crippen LogP contribution < -0.4 is 11.1 Å². The molecule has 0 spiro atoms. The summed E-state index contributed by atoms with van der Waals surface area (Å²) in [6, 6.07) is 8.86. The van der Waals surface area contributed by atoms with Crippen molar-refractivity contribution >= 4 is 0 Å². The van der Waals surface area contributed by atoms with Gasteiger partial charge in [-0.2, -0.15) is 0 Å².